The highest BCUT2D eigenvalue weighted by Crippen LogP contribution is 2.26. The molecule has 1 aromatic heterocycles. The first-order valence-electron chi connectivity index (χ1n) is 11.9. The van der Waals surface area contributed by atoms with Crippen LogP contribution in [-0.2, 0) is 0 Å². The third-order valence-electron chi connectivity index (χ3n) is 6.02. The zero-order chi connectivity index (χ0) is 24.6. The third-order valence-corrected chi connectivity index (χ3v) is 6.02. The van der Waals surface area contributed by atoms with Crippen LogP contribution in [0, 0.1) is 0 Å². The number of carbonyl (C=O) groups is 2. The van der Waals surface area contributed by atoms with E-state index in [1.54, 1.807) is 35.8 Å². The largest absolute Gasteiger partial charge is 0.494 e. The zero-order valence-corrected chi connectivity index (χ0v) is 19.8. The molecule has 0 aliphatic carbocycles. The number of carbonyl (C=O) groups excluding carboxylic acids is 2. The SMILES string of the molecule is CC(Oc1ccc2oc(C(=O)NCCCCOc3ccc(C(=O)NO)cc3)cc2c1)N1CCCC1. The average Bonchev–Trinajstić information content (AvgIpc) is 3.56. The summed E-state index contributed by atoms with van der Waals surface area (Å²) >= 11 is 0. The Bertz CT molecular complexity index is 1140. The molecule has 1 saturated heterocycles. The van der Waals surface area contributed by atoms with Gasteiger partial charge in [0.1, 0.15) is 23.3 Å². The number of hydrogen-bond acceptors (Lipinski definition) is 7. The van der Waals surface area contributed by atoms with Crippen molar-refractivity contribution in [3.8, 4) is 11.5 Å². The lowest BCUT2D eigenvalue weighted by Crippen LogP contribution is -2.34. The van der Waals surface area contributed by atoms with E-state index >= 15 is 0 Å². The van der Waals surface area contributed by atoms with Crippen LogP contribution in [0.5, 0.6) is 11.5 Å². The van der Waals surface area contributed by atoms with Gasteiger partial charge in [-0.15, -0.1) is 0 Å². The van der Waals surface area contributed by atoms with E-state index in [1.807, 2.05) is 18.2 Å². The van der Waals surface area contributed by atoms with Crippen LogP contribution < -0.4 is 20.3 Å². The molecular weight excluding hydrogens is 450 g/mol. The topological polar surface area (TPSA) is 113 Å². The second-order valence-corrected chi connectivity index (χ2v) is 8.55. The standard InChI is InChI=1S/C26H31N3O6/c1-18(29-13-3-4-14-29)34-22-10-11-23-20(16-22)17-24(35-23)26(31)27-12-2-5-15-33-21-8-6-19(7-9-21)25(30)28-32/h6-11,16-18,32H,2-5,12-15H2,1H3,(H,27,31)(H,28,30). The fourth-order valence-electron chi connectivity index (χ4n) is 4.06. The first-order chi connectivity index (χ1) is 17.0. The lowest BCUT2D eigenvalue weighted by atomic mass is 10.2. The van der Waals surface area contributed by atoms with E-state index in [9.17, 15) is 9.59 Å². The molecule has 0 spiro atoms. The van der Waals surface area contributed by atoms with E-state index in [4.69, 9.17) is 19.1 Å². The molecule has 3 N–H and O–H groups in total. The highest BCUT2D eigenvalue weighted by molar-refractivity contribution is 5.96. The second-order valence-electron chi connectivity index (χ2n) is 8.55. The molecule has 1 fully saturated rings. The number of nitrogens with one attached hydrogen (secondary N) is 2. The molecule has 1 aliphatic heterocycles. The van der Waals surface area contributed by atoms with Crippen molar-refractivity contribution in [2.75, 3.05) is 26.2 Å². The molecule has 2 aromatic carbocycles. The summed E-state index contributed by atoms with van der Waals surface area (Å²) in [7, 11) is 0. The number of unbranched alkanes of at least 4 members (excludes halogenated alkanes) is 1. The summed E-state index contributed by atoms with van der Waals surface area (Å²) in [5, 5.41) is 12.3. The van der Waals surface area contributed by atoms with Gasteiger partial charge in [-0.1, -0.05) is 0 Å². The van der Waals surface area contributed by atoms with Gasteiger partial charge in [-0.3, -0.25) is 19.7 Å². The minimum absolute atomic E-state index is 0.0146. The fraction of sp³-hybridized carbons (Fsp3) is 0.385. The van der Waals surface area contributed by atoms with Crippen molar-refractivity contribution < 1.29 is 28.7 Å². The number of amides is 2. The maximum Gasteiger partial charge on any atom is 0.287 e. The predicted octanol–water partition coefficient (Wildman–Crippen LogP) is 3.96. The molecule has 0 saturated carbocycles. The van der Waals surface area contributed by atoms with Crippen LogP contribution in [0.3, 0.4) is 0 Å². The minimum atomic E-state index is -0.572. The number of likely N-dealkylation sites (tertiary alicyclic amines) is 1. The summed E-state index contributed by atoms with van der Waals surface area (Å²) in [6.45, 7) is 5.15. The number of fused-ring (bicyclic) bond motifs is 1. The molecule has 2 heterocycles. The van der Waals surface area contributed by atoms with Crippen molar-refractivity contribution in [2.24, 2.45) is 0 Å². The van der Waals surface area contributed by atoms with Crippen LogP contribution in [0.25, 0.3) is 11.0 Å². The Balaban J connectivity index is 1.19. The number of ether oxygens (including phenoxy) is 2. The van der Waals surface area contributed by atoms with Gasteiger partial charge in [0.05, 0.1) is 6.61 Å². The lowest BCUT2D eigenvalue weighted by Gasteiger charge is -2.24. The number of benzene rings is 2. The Morgan fingerprint density at radius 1 is 1.03 bits per heavy atom. The molecule has 2 amide bonds. The number of furan rings is 1. The van der Waals surface area contributed by atoms with Gasteiger partial charge in [0, 0.05) is 30.6 Å². The van der Waals surface area contributed by atoms with Crippen LogP contribution in [-0.4, -0.2) is 54.4 Å². The van der Waals surface area contributed by atoms with Crippen molar-refractivity contribution in [1.82, 2.24) is 15.7 Å². The van der Waals surface area contributed by atoms with Gasteiger partial charge in [-0.25, -0.2) is 5.48 Å². The summed E-state index contributed by atoms with van der Waals surface area (Å²) in [4.78, 5) is 26.1. The Morgan fingerprint density at radius 3 is 2.51 bits per heavy atom. The molecule has 1 unspecified atom stereocenters. The van der Waals surface area contributed by atoms with Crippen molar-refractivity contribution in [3.05, 3.63) is 59.9 Å². The summed E-state index contributed by atoms with van der Waals surface area (Å²) in [6, 6.07) is 13.8. The molecule has 1 aliphatic rings. The van der Waals surface area contributed by atoms with E-state index in [2.05, 4.69) is 17.1 Å². The maximum absolute atomic E-state index is 12.5. The van der Waals surface area contributed by atoms with Gasteiger partial charge < -0.3 is 19.2 Å². The summed E-state index contributed by atoms with van der Waals surface area (Å²) in [5.74, 6) is 0.832. The number of rotatable bonds is 11. The van der Waals surface area contributed by atoms with Crippen LogP contribution >= 0.6 is 0 Å². The second kappa shape index (κ2) is 11.7. The van der Waals surface area contributed by atoms with Crippen LogP contribution in [0.4, 0.5) is 0 Å². The summed E-state index contributed by atoms with van der Waals surface area (Å²) in [6.07, 6.45) is 3.92. The monoisotopic (exact) mass is 481 g/mol. The maximum atomic E-state index is 12.5. The fourth-order valence-corrected chi connectivity index (χ4v) is 4.06. The highest BCUT2D eigenvalue weighted by atomic mass is 16.5. The Morgan fingerprint density at radius 2 is 1.77 bits per heavy atom. The minimum Gasteiger partial charge on any atom is -0.494 e. The van der Waals surface area contributed by atoms with Gasteiger partial charge in [-0.05, 0) is 81.1 Å². The Kier molecular flexibility index (Phi) is 8.23. The van der Waals surface area contributed by atoms with Gasteiger partial charge in [0.25, 0.3) is 11.8 Å². The molecule has 4 rings (SSSR count). The van der Waals surface area contributed by atoms with E-state index in [0.717, 1.165) is 37.1 Å². The number of hydrogen-bond donors (Lipinski definition) is 3. The molecule has 9 heteroatoms. The first-order valence-corrected chi connectivity index (χ1v) is 11.9. The van der Waals surface area contributed by atoms with Crippen LogP contribution in [0.15, 0.2) is 52.9 Å². The number of nitrogens with zero attached hydrogens (tertiary/aromatic N) is 1. The predicted molar refractivity (Wildman–Crippen MR) is 130 cm³/mol. The van der Waals surface area contributed by atoms with E-state index in [-0.39, 0.29) is 17.9 Å². The zero-order valence-electron chi connectivity index (χ0n) is 19.8. The number of hydroxylamine groups is 1. The smallest absolute Gasteiger partial charge is 0.287 e. The van der Waals surface area contributed by atoms with Gasteiger partial charge in [-0.2, -0.15) is 0 Å². The third kappa shape index (κ3) is 6.52. The summed E-state index contributed by atoms with van der Waals surface area (Å²) in [5.41, 5.74) is 2.57. The van der Waals surface area contributed by atoms with Gasteiger partial charge >= 0.3 is 0 Å². The van der Waals surface area contributed by atoms with Crippen LogP contribution in [0.2, 0.25) is 0 Å². The van der Waals surface area contributed by atoms with Crippen molar-refractivity contribution in [2.45, 2.75) is 38.8 Å². The molecular formula is C26H31N3O6. The first kappa shape index (κ1) is 24.6. The van der Waals surface area contributed by atoms with E-state index < -0.39 is 5.91 Å². The summed E-state index contributed by atoms with van der Waals surface area (Å²) < 4.78 is 17.4. The normalized spacial score (nSPS) is 14.6. The molecule has 3 aromatic rings. The average molecular weight is 482 g/mol. The molecule has 1 atom stereocenters. The van der Waals surface area contributed by atoms with Crippen LogP contribution in [0.1, 0.15) is 53.5 Å². The van der Waals surface area contributed by atoms with E-state index in [0.29, 0.717) is 30.0 Å². The van der Waals surface area contributed by atoms with Crippen molar-refractivity contribution in [1.29, 1.82) is 0 Å². The van der Waals surface area contributed by atoms with Crippen molar-refractivity contribution >= 4 is 22.8 Å². The Hall–Kier alpha value is -3.56. The van der Waals surface area contributed by atoms with Gasteiger partial charge in [0.15, 0.2) is 5.76 Å². The molecule has 0 radical (unpaired) electrons. The lowest BCUT2D eigenvalue weighted by molar-refractivity contribution is 0.0593. The van der Waals surface area contributed by atoms with E-state index in [1.165, 1.54) is 12.8 Å². The van der Waals surface area contributed by atoms with Gasteiger partial charge in [0.2, 0.25) is 0 Å². The quantitative estimate of drug-likeness (QED) is 0.216. The molecule has 9 nitrogen and oxygen atoms in total. The van der Waals surface area contributed by atoms with Crippen molar-refractivity contribution in [3.63, 3.8) is 0 Å². The molecule has 35 heavy (non-hydrogen) atoms. The molecule has 0 bridgehead atoms. The Labute approximate surface area is 203 Å². The highest BCUT2D eigenvalue weighted by Gasteiger charge is 2.19. The molecule has 186 valence electrons.